The molecule has 0 unspecified atom stereocenters. The van der Waals surface area contributed by atoms with E-state index in [1.54, 1.807) is 0 Å². The van der Waals surface area contributed by atoms with Gasteiger partial charge >= 0.3 is 7.12 Å². The predicted octanol–water partition coefficient (Wildman–Crippen LogP) is 4.11. The van der Waals surface area contributed by atoms with Crippen molar-refractivity contribution in [3.05, 3.63) is 41.4 Å². The Labute approximate surface area is 117 Å². The summed E-state index contributed by atoms with van der Waals surface area (Å²) in [5.41, 5.74) is 3.02. The molecule has 0 atom stereocenters. The van der Waals surface area contributed by atoms with Crippen molar-refractivity contribution in [1.82, 2.24) is 0 Å². The smallest absolute Gasteiger partial charge is 0.400 e. The molecule has 1 heterocycles. The Morgan fingerprint density at radius 1 is 0.895 bits per heavy atom. The molecular weight excluding hydrogens is 235 g/mol. The minimum Gasteiger partial charge on any atom is -0.400 e. The maximum Gasteiger partial charge on any atom is 0.490 e. The Kier molecular flexibility index (Phi) is 3.63. The molecule has 0 bridgehead atoms. The average molecular weight is 258 g/mol. The lowest BCUT2D eigenvalue weighted by Crippen LogP contribution is -2.41. The number of hydrogen-bond donors (Lipinski definition) is 0. The summed E-state index contributed by atoms with van der Waals surface area (Å²) in [5.74, 6) is 0. The molecule has 3 heteroatoms. The third-order valence-corrected chi connectivity index (χ3v) is 4.41. The molecule has 19 heavy (non-hydrogen) atoms. The molecule has 102 valence electrons. The Hall–Kier alpha value is -1.06. The third kappa shape index (κ3) is 2.63. The van der Waals surface area contributed by atoms with Gasteiger partial charge in [-0.3, -0.25) is 0 Å². The molecule has 1 aliphatic rings. The molecule has 2 nitrogen and oxygen atoms in total. The molecule has 0 spiro atoms. The van der Waals surface area contributed by atoms with Crippen LogP contribution < -0.4 is 0 Å². The molecule has 0 N–H and O–H groups in total. The summed E-state index contributed by atoms with van der Waals surface area (Å²) in [6.45, 7) is 12.5. The number of allylic oxidation sites excluding steroid dienone is 2. The second kappa shape index (κ2) is 4.80. The van der Waals surface area contributed by atoms with Gasteiger partial charge in [0.15, 0.2) is 0 Å². The van der Waals surface area contributed by atoms with Crippen LogP contribution in [0.5, 0.6) is 0 Å². The van der Waals surface area contributed by atoms with Crippen LogP contribution in [0.1, 0.15) is 47.1 Å². The molecule has 1 aromatic carbocycles. The highest BCUT2D eigenvalue weighted by Crippen LogP contribution is 2.39. The van der Waals surface area contributed by atoms with E-state index in [2.05, 4.69) is 65.8 Å². The second-order valence-electron chi connectivity index (χ2n) is 6.26. The standard InChI is InChI=1S/C16H23BO2/c1-12(14-10-8-7-9-11-14)13(2)17-18-15(3,4)16(5,6)19-17/h7-11H,1-6H3. The van der Waals surface area contributed by atoms with Crippen LogP contribution in [0.25, 0.3) is 5.57 Å². The number of hydrogen-bond acceptors (Lipinski definition) is 2. The normalized spacial score (nSPS) is 22.3. The lowest BCUT2D eigenvalue weighted by molar-refractivity contribution is 0.00578. The Morgan fingerprint density at radius 3 is 1.84 bits per heavy atom. The second-order valence-corrected chi connectivity index (χ2v) is 6.26. The average Bonchev–Trinajstić information content (AvgIpc) is 2.58. The van der Waals surface area contributed by atoms with Crippen LogP contribution in [0.4, 0.5) is 0 Å². The zero-order valence-corrected chi connectivity index (χ0v) is 12.8. The van der Waals surface area contributed by atoms with Crippen LogP contribution in [-0.2, 0) is 9.31 Å². The van der Waals surface area contributed by atoms with E-state index in [9.17, 15) is 0 Å². The van der Waals surface area contributed by atoms with Gasteiger partial charge in [-0.1, -0.05) is 30.3 Å². The highest BCUT2D eigenvalue weighted by atomic mass is 16.7. The van der Waals surface area contributed by atoms with E-state index in [1.165, 1.54) is 11.1 Å². The van der Waals surface area contributed by atoms with E-state index >= 15 is 0 Å². The van der Waals surface area contributed by atoms with Crippen LogP contribution in [-0.4, -0.2) is 18.3 Å². The van der Waals surface area contributed by atoms with Crippen molar-refractivity contribution in [2.75, 3.05) is 0 Å². The van der Waals surface area contributed by atoms with Crippen LogP contribution in [0.2, 0.25) is 0 Å². The summed E-state index contributed by atoms with van der Waals surface area (Å²) in [6, 6.07) is 10.4. The van der Waals surface area contributed by atoms with Gasteiger partial charge in [-0.2, -0.15) is 0 Å². The predicted molar refractivity (Wildman–Crippen MR) is 80.8 cm³/mol. The van der Waals surface area contributed by atoms with Crippen molar-refractivity contribution in [3.63, 3.8) is 0 Å². The lowest BCUT2D eigenvalue weighted by atomic mass is 9.75. The molecule has 0 aliphatic carbocycles. The lowest BCUT2D eigenvalue weighted by Gasteiger charge is -2.32. The molecule has 0 radical (unpaired) electrons. The number of rotatable bonds is 2. The monoisotopic (exact) mass is 258 g/mol. The molecule has 0 aromatic heterocycles. The number of benzene rings is 1. The van der Waals surface area contributed by atoms with Crippen molar-refractivity contribution < 1.29 is 9.31 Å². The minimum absolute atomic E-state index is 0.259. The fraction of sp³-hybridized carbons (Fsp3) is 0.500. The topological polar surface area (TPSA) is 18.5 Å². The van der Waals surface area contributed by atoms with E-state index < -0.39 is 0 Å². The highest BCUT2D eigenvalue weighted by molar-refractivity contribution is 6.56. The van der Waals surface area contributed by atoms with Gasteiger partial charge in [0, 0.05) is 0 Å². The van der Waals surface area contributed by atoms with Gasteiger partial charge in [0.05, 0.1) is 11.2 Å². The van der Waals surface area contributed by atoms with E-state index in [0.717, 1.165) is 5.47 Å². The Bertz CT molecular complexity index is 473. The highest BCUT2D eigenvalue weighted by Gasteiger charge is 2.51. The van der Waals surface area contributed by atoms with Crippen LogP contribution in [0.3, 0.4) is 0 Å². The summed E-state index contributed by atoms with van der Waals surface area (Å²) in [6.07, 6.45) is 0. The Morgan fingerprint density at radius 2 is 1.37 bits per heavy atom. The fourth-order valence-corrected chi connectivity index (χ4v) is 2.11. The minimum atomic E-state index is -0.282. The maximum absolute atomic E-state index is 6.09. The molecular formula is C16H23BO2. The van der Waals surface area contributed by atoms with Gasteiger partial charge < -0.3 is 9.31 Å². The molecule has 1 fully saturated rings. The first-order chi connectivity index (χ1) is 8.74. The molecule has 1 aliphatic heterocycles. The van der Waals surface area contributed by atoms with E-state index in [-0.39, 0.29) is 18.3 Å². The first-order valence-corrected chi connectivity index (χ1v) is 6.83. The van der Waals surface area contributed by atoms with Crippen molar-refractivity contribution in [2.45, 2.75) is 52.7 Å². The van der Waals surface area contributed by atoms with Gasteiger partial charge in [-0.05, 0) is 58.2 Å². The van der Waals surface area contributed by atoms with Crippen LogP contribution in [0.15, 0.2) is 35.8 Å². The molecule has 2 rings (SSSR count). The summed E-state index contributed by atoms with van der Waals surface area (Å²) in [5, 5.41) is 0. The van der Waals surface area contributed by atoms with Crippen molar-refractivity contribution >= 4 is 12.7 Å². The first kappa shape index (κ1) is 14.4. The zero-order valence-electron chi connectivity index (χ0n) is 12.8. The third-order valence-electron chi connectivity index (χ3n) is 4.41. The van der Waals surface area contributed by atoms with Crippen molar-refractivity contribution in [3.8, 4) is 0 Å². The molecule has 1 aromatic rings. The molecule has 0 amide bonds. The fourth-order valence-electron chi connectivity index (χ4n) is 2.11. The SMILES string of the molecule is CC(B1OC(C)(C)C(C)(C)O1)=C(C)c1ccccc1. The van der Waals surface area contributed by atoms with E-state index in [0.29, 0.717) is 0 Å². The summed E-state index contributed by atoms with van der Waals surface area (Å²) < 4.78 is 12.2. The van der Waals surface area contributed by atoms with Gasteiger partial charge in [-0.25, -0.2) is 0 Å². The summed E-state index contributed by atoms with van der Waals surface area (Å²) in [4.78, 5) is 0. The summed E-state index contributed by atoms with van der Waals surface area (Å²) in [7, 11) is -0.259. The molecule has 1 saturated heterocycles. The Balaban J connectivity index is 2.29. The van der Waals surface area contributed by atoms with Crippen molar-refractivity contribution in [1.29, 1.82) is 0 Å². The maximum atomic E-state index is 6.09. The van der Waals surface area contributed by atoms with E-state index in [1.807, 2.05) is 6.07 Å². The summed E-state index contributed by atoms with van der Waals surface area (Å²) >= 11 is 0. The molecule has 0 saturated carbocycles. The van der Waals surface area contributed by atoms with Gasteiger partial charge in [0.2, 0.25) is 0 Å². The zero-order chi connectivity index (χ0) is 14.3. The van der Waals surface area contributed by atoms with Gasteiger partial charge in [0.25, 0.3) is 0 Å². The first-order valence-electron chi connectivity index (χ1n) is 6.83. The van der Waals surface area contributed by atoms with Gasteiger partial charge in [0.1, 0.15) is 0 Å². The van der Waals surface area contributed by atoms with Crippen molar-refractivity contribution in [2.24, 2.45) is 0 Å². The largest absolute Gasteiger partial charge is 0.490 e. The van der Waals surface area contributed by atoms with Crippen LogP contribution in [0, 0.1) is 0 Å². The quantitative estimate of drug-likeness (QED) is 0.743. The van der Waals surface area contributed by atoms with Crippen LogP contribution >= 0.6 is 0 Å². The van der Waals surface area contributed by atoms with E-state index in [4.69, 9.17) is 9.31 Å². The van der Waals surface area contributed by atoms with Gasteiger partial charge in [-0.15, -0.1) is 0 Å².